The average molecular weight is 376 g/mol. The van der Waals surface area contributed by atoms with E-state index in [9.17, 15) is 4.79 Å². The van der Waals surface area contributed by atoms with Crippen LogP contribution in [0.1, 0.15) is 31.7 Å². The molecule has 0 bridgehead atoms. The molecule has 3 nitrogen and oxygen atoms in total. The Morgan fingerprint density at radius 3 is 2.90 bits per heavy atom. The number of amides is 1. The van der Waals surface area contributed by atoms with Gasteiger partial charge in [-0.1, -0.05) is 34.1 Å². The molecule has 1 fully saturated rings. The minimum atomic E-state index is 0. The van der Waals surface area contributed by atoms with Gasteiger partial charge < -0.3 is 10.6 Å². The highest BCUT2D eigenvalue weighted by atomic mass is 79.9. The van der Waals surface area contributed by atoms with Crippen molar-refractivity contribution in [3.8, 4) is 0 Å². The summed E-state index contributed by atoms with van der Waals surface area (Å²) in [4.78, 5) is 11.9. The van der Waals surface area contributed by atoms with Crippen LogP contribution in [0, 0.1) is 5.92 Å². The molecule has 0 aliphatic carbocycles. The standard InChI is InChI=1S/C16H23BrN2O.ClH/c1-12(10-14-4-2-3-5-15(14)17)19-16(20)7-6-13-8-9-18-11-13;/h2-5,12-13,18H,6-11H2,1H3,(H,19,20);1H. The Morgan fingerprint density at radius 1 is 1.48 bits per heavy atom. The minimum absolute atomic E-state index is 0. The van der Waals surface area contributed by atoms with E-state index in [-0.39, 0.29) is 24.4 Å². The van der Waals surface area contributed by atoms with Crippen LogP contribution in [0.3, 0.4) is 0 Å². The van der Waals surface area contributed by atoms with Crippen molar-refractivity contribution >= 4 is 34.2 Å². The summed E-state index contributed by atoms with van der Waals surface area (Å²) in [5.41, 5.74) is 1.24. The van der Waals surface area contributed by atoms with Crippen LogP contribution in [0.5, 0.6) is 0 Å². The zero-order valence-corrected chi connectivity index (χ0v) is 14.8. The molecule has 1 aliphatic heterocycles. The zero-order chi connectivity index (χ0) is 14.4. The summed E-state index contributed by atoms with van der Waals surface area (Å²) in [5, 5.41) is 6.44. The third-order valence-corrected chi connectivity index (χ3v) is 4.61. The summed E-state index contributed by atoms with van der Waals surface area (Å²) in [6.07, 6.45) is 3.71. The van der Waals surface area contributed by atoms with Gasteiger partial charge in [-0.25, -0.2) is 0 Å². The van der Waals surface area contributed by atoms with E-state index in [0.717, 1.165) is 30.4 Å². The number of halogens is 2. The SMILES string of the molecule is CC(Cc1ccccc1Br)NC(=O)CCC1CCNC1.Cl. The second-order valence-electron chi connectivity index (χ2n) is 5.66. The second kappa shape index (κ2) is 9.44. The summed E-state index contributed by atoms with van der Waals surface area (Å²) in [6.45, 7) is 4.24. The Labute approximate surface area is 141 Å². The molecule has 0 radical (unpaired) electrons. The number of rotatable bonds is 6. The van der Waals surface area contributed by atoms with E-state index in [1.807, 2.05) is 18.2 Å². The Balaban J connectivity index is 0.00000220. The predicted molar refractivity (Wildman–Crippen MR) is 92.9 cm³/mol. The van der Waals surface area contributed by atoms with Crippen molar-refractivity contribution in [1.82, 2.24) is 10.6 Å². The Bertz CT molecular complexity index is 450. The Morgan fingerprint density at radius 2 is 2.24 bits per heavy atom. The molecular formula is C16H24BrClN2O. The van der Waals surface area contributed by atoms with Gasteiger partial charge in [-0.15, -0.1) is 12.4 Å². The molecule has 2 N–H and O–H groups in total. The van der Waals surface area contributed by atoms with Crippen molar-refractivity contribution in [3.63, 3.8) is 0 Å². The first-order valence-corrected chi connectivity index (χ1v) is 8.18. The maximum atomic E-state index is 11.9. The van der Waals surface area contributed by atoms with E-state index in [4.69, 9.17) is 0 Å². The lowest BCUT2D eigenvalue weighted by atomic mass is 10.0. The van der Waals surface area contributed by atoms with Crippen LogP contribution in [0.25, 0.3) is 0 Å². The summed E-state index contributed by atoms with van der Waals surface area (Å²) < 4.78 is 1.11. The van der Waals surface area contributed by atoms with E-state index >= 15 is 0 Å². The molecule has 5 heteroatoms. The summed E-state index contributed by atoms with van der Waals surface area (Å²) in [7, 11) is 0. The van der Waals surface area contributed by atoms with E-state index in [1.54, 1.807) is 0 Å². The van der Waals surface area contributed by atoms with E-state index in [2.05, 4.69) is 39.6 Å². The third-order valence-electron chi connectivity index (χ3n) is 3.83. The van der Waals surface area contributed by atoms with E-state index in [1.165, 1.54) is 12.0 Å². The third kappa shape index (κ3) is 6.37. The van der Waals surface area contributed by atoms with Crippen LogP contribution < -0.4 is 10.6 Å². The van der Waals surface area contributed by atoms with Gasteiger partial charge in [0.1, 0.15) is 0 Å². The van der Waals surface area contributed by atoms with E-state index < -0.39 is 0 Å². The molecule has 21 heavy (non-hydrogen) atoms. The lowest BCUT2D eigenvalue weighted by molar-refractivity contribution is -0.121. The first-order valence-electron chi connectivity index (χ1n) is 7.38. The predicted octanol–water partition coefficient (Wildman–Crippen LogP) is 3.31. The molecule has 2 unspecified atom stereocenters. The van der Waals surface area contributed by atoms with Gasteiger partial charge in [0.05, 0.1) is 0 Å². The highest BCUT2D eigenvalue weighted by Crippen LogP contribution is 2.18. The fourth-order valence-corrected chi connectivity index (χ4v) is 3.13. The number of benzene rings is 1. The van der Waals surface area contributed by atoms with Crippen molar-refractivity contribution in [2.24, 2.45) is 5.92 Å². The van der Waals surface area contributed by atoms with E-state index in [0.29, 0.717) is 12.3 Å². The molecule has 0 aromatic heterocycles. The first kappa shape index (κ1) is 18.5. The van der Waals surface area contributed by atoms with Crippen LogP contribution in [-0.2, 0) is 11.2 Å². The maximum Gasteiger partial charge on any atom is 0.220 e. The average Bonchev–Trinajstić information content (AvgIpc) is 2.92. The zero-order valence-electron chi connectivity index (χ0n) is 12.4. The van der Waals surface area contributed by atoms with Gasteiger partial charge in [-0.05, 0) is 56.8 Å². The van der Waals surface area contributed by atoms with Crippen molar-refractivity contribution in [3.05, 3.63) is 34.3 Å². The molecule has 0 saturated carbocycles. The van der Waals surface area contributed by atoms with Crippen molar-refractivity contribution in [1.29, 1.82) is 0 Å². The van der Waals surface area contributed by atoms with Gasteiger partial charge in [0.2, 0.25) is 5.91 Å². The van der Waals surface area contributed by atoms with Gasteiger partial charge in [0.15, 0.2) is 0 Å². The van der Waals surface area contributed by atoms with Crippen molar-refractivity contribution < 1.29 is 4.79 Å². The molecule has 0 spiro atoms. The smallest absolute Gasteiger partial charge is 0.220 e. The first-order chi connectivity index (χ1) is 9.65. The van der Waals surface area contributed by atoms with Crippen molar-refractivity contribution in [2.45, 2.75) is 38.6 Å². The van der Waals surface area contributed by atoms with Gasteiger partial charge in [-0.3, -0.25) is 4.79 Å². The lowest BCUT2D eigenvalue weighted by Crippen LogP contribution is -2.34. The van der Waals surface area contributed by atoms with Crippen LogP contribution >= 0.6 is 28.3 Å². The van der Waals surface area contributed by atoms with Crippen LogP contribution in [-0.4, -0.2) is 25.0 Å². The fourth-order valence-electron chi connectivity index (χ4n) is 2.69. The highest BCUT2D eigenvalue weighted by molar-refractivity contribution is 9.10. The molecule has 2 atom stereocenters. The summed E-state index contributed by atoms with van der Waals surface area (Å²) >= 11 is 3.55. The molecule has 118 valence electrons. The molecular weight excluding hydrogens is 352 g/mol. The number of nitrogens with one attached hydrogen (secondary N) is 2. The quantitative estimate of drug-likeness (QED) is 0.801. The molecule has 1 amide bonds. The lowest BCUT2D eigenvalue weighted by Gasteiger charge is -2.15. The molecule has 1 heterocycles. The summed E-state index contributed by atoms with van der Waals surface area (Å²) in [6, 6.07) is 8.34. The normalized spacial score (nSPS) is 18.9. The molecule has 1 aliphatic rings. The fraction of sp³-hybridized carbons (Fsp3) is 0.562. The van der Waals surface area contributed by atoms with Crippen LogP contribution in [0.4, 0.5) is 0 Å². The molecule has 1 aromatic rings. The topological polar surface area (TPSA) is 41.1 Å². The molecule has 1 saturated heterocycles. The highest BCUT2D eigenvalue weighted by Gasteiger charge is 2.16. The number of carbonyl (C=O) groups is 1. The summed E-state index contributed by atoms with van der Waals surface area (Å²) in [5.74, 6) is 0.857. The van der Waals surface area contributed by atoms with Gasteiger partial charge in [0, 0.05) is 16.9 Å². The maximum absolute atomic E-state index is 11.9. The van der Waals surface area contributed by atoms with Crippen molar-refractivity contribution in [2.75, 3.05) is 13.1 Å². The number of hydrogen-bond donors (Lipinski definition) is 2. The van der Waals surface area contributed by atoms with Gasteiger partial charge >= 0.3 is 0 Å². The Hall–Kier alpha value is -0.580. The largest absolute Gasteiger partial charge is 0.353 e. The van der Waals surface area contributed by atoms with Gasteiger partial charge in [0.25, 0.3) is 0 Å². The number of hydrogen-bond acceptors (Lipinski definition) is 2. The second-order valence-corrected chi connectivity index (χ2v) is 6.52. The van der Waals surface area contributed by atoms with Crippen LogP contribution in [0.15, 0.2) is 28.7 Å². The minimum Gasteiger partial charge on any atom is -0.353 e. The number of carbonyl (C=O) groups excluding carboxylic acids is 1. The Kier molecular flexibility index (Phi) is 8.30. The van der Waals surface area contributed by atoms with Crippen LogP contribution in [0.2, 0.25) is 0 Å². The monoisotopic (exact) mass is 374 g/mol. The molecule has 1 aromatic carbocycles. The van der Waals surface area contributed by atoms with Gasteiger partial charge in [-0.2, -0.15) is 0 Å². The molecule has 2 rings (SSSR count).